The molecule has 5 heteroatoms. The van der Waals surface area contributed by atoms with E-state index in [1.165, 1.54) is 5.56 Å². The fraction of sp³-hybridized carbons (Fsp3) is 0.308. The molecule has 1 aromatic heterocycles. The second kappa shape index (κ2) is 5.99. The standard InChI is InChI=1S/C13H15Br2N3/c1-3-18-13(11(15)8-17-18)12(16-2)9-5-4-6-10(14)7-9/h4-8,12,16H,3H2,1-2H3. The van der Waals surface area contributed by atoms with Gasteiger partial charge in [-0.3, -0.25) is 4.68 Å². The predicted molar refractivity (Wildman–Crippen MR) is 80.6 cm³/mol. The van der Waals surface area contributed by atoms with Gasteiger partial charge < -0.3 is 5.32 Å². The third-order valence-electron chi connectivity index (χ3n) is 2.88. The lowest BCUT2D eigenvalue weighted by Crippen LogP contribution is -2.21. The first kappa shape index (κ1) is 13.8. The van der Waals surface area contributed by atoms with Crippen molar-refractivity contribution in [1.29, 1.82) is 0 Å². The molecule has 2 rings (SSSR count). The molecule has 0 aliphatic heterocycles. The summed E-state index contributed by atoms with van der Waals surface area (Å²) < 4.78 is 4.12. The van der Waals surface area contributed by atoms with E-state index in [4.69, 9.17) is 0 Å². The number of nitrogens with one attached hydrogen (secondary N) is 1. The fourth-order valence-corrected chi connectivity index (χ4v) is 3.00. The van der Waals surface area contributed by atoms with Gasteiger partial charge in [0, 0.05) is 11.0 Å². The smallest absolute Gasteiger partial charge is 0.0757 e. The molecule has 1 atom stereocenters. The Kier molecular flexibility index (Phi) is 4.59. The second-order valence-electron chi connectivity index (χ2n) is 3.97. The summed E-state index contributed by atoms with van der Waals surface area (Å²) in [6.07, 6.45) is 1.85. The molecule has 0 aliphatic rings. The molecule has 0 radical (unpaired) electrons. The Morgan fingerprint density at radius 3 is 2.78 bits per heavy atom. The maximum Gasteiger partial charge on any atom is 0.0757 e. The largest absolute Gasteiger partial charge is 0.308 e. The van der Waals surface area contributed by atoms with Crippen molar-refractivity contribution in [2.75, 3.05) is 7.05 Å². The molecule has 0 spiro atoms. The molecule has 1 aromatic carbocycles. The van der Waals surface area contributed by atoms with Crippen LogP contribution in [0.4, 0.5) is 0 Å². The molecule has 0 saturated heterocycles. The first-order valence-corrected chi connectivity index (χ1v) is 7.40. The lowest BCUT2D eigenvalue weighted by Gasteiger charge is -2.19. The summed E-state index contributed by atoms with van der Waals surface area (Å²) >= 11 is 7.10. The molecule has 96 valence electrons. The quantitative estimate of drug-likeness (QED) is 0.885. The Morgan fingerprint density at radius 1 is 1.39 bits per heavy atom. The van der Waals surface area contributed by atoms with Gasteiger partial charge in [-0.05, 0) is 47.6 Å². The van der Waals surface area contributed by atoms with E-state index in [2.05, 4.69) is 61.3 Å². The van der Waals surface area contributed by atoms with Gasteiger partial charge in [-0.1, -0.05) is 28.1 Å². The number of aryl methyl sites for hydroxylation is 1. The number of aromatic nitrogens is 2. The topological polar surface area (TPSA) is 29.9 Å². The normalized spacial score (nSPS) is 12.7. The van der Waals surface area contributed by atoms with Crippen LogP contribution in [0.2, 0.25) is 0 Å². The molecule has 1 unspecified atom stereocenters. The van der Waals surface area contributed by atoms with Gasteiger partial charge in [0.1, 0.15) is 0 Å². The van der Waals surface area contributed by atoms with E-state index >= 15 is 0 Å². The van der Waals surface area contributed by atoms with Gasteiger partial charge in [-0.2, -0.15) is 5.10 Å². The van der Waals surface area contributed by atoms with E-state index in [9.17, 15) is 0 Å². The summed E-state index contributed by atoms with van der Waals surface area (Å²) in [6.45, 7) is 2.95. The highest BCUT2D eigenvalue weighted by Gasteiger charge is 2.19. The van der Waals surface area contributed by atoms with Crippen LogP contribution in [-0.4, -0.2) is 16.8 Å². The minimum absolute atomic E-state index is 0.124. The highest BCUT2D eigenvalue weighted by Crippen LogP contribution is 2.29. The van der Waals surface area contributed by atoms with Crippen LogP contribution in [0.5, 0.6) is 0 Å². The van der Waals surface area contributed by atoms with Gasteiger partial charge >= 0.3 is 0 Å². The summed E-state index contributed by atoms with van der Waals surface area (Å²) in [5, 5.41) is 7.72. The van der Waals surface area contributed by atoms with Crippen LogP contribution >= 0.6 is 31.9 Å². The molecule has 0 saturated carbocycles. The summed E-state index contributed by atoms with van der Waals surface area (Å²) in [5.41, 5.74) is 2.36. The van der Waals surface area contributed by atoms with Crippen molar-refractivity contribution in [3.8, 4) is 0 Å². The van der Waals surface area contributed by atoms with E-state index in [1.54, 1.807) is 0 Å². The van der Waals surface area contributed by atoms with Gasteiger partial charge in [0.05, 0.1) is 22.4 Å². The third kappa shape index (κ3) is 2.68. The van der Waals surface area contributed by atoms with Gasteiger partial charge in [0.25, 0.3) is 0 Å². The van der Waals surface area contributed by atoms with Crippen molar-refractivity contribution < 1.29 is 0 Å². The molecule has 1 heterocycles. The lowest BCUT2D eigenvalue weighted by atomic mass is 10.0. The minimum atomic E-state index is 0.124. The van der Waals surface area contributed by atoms with Crippen molar-refractivity contribution >= 4 is 31.9 Å². The van der Waals surface area contributed by atoms with Crippen molar-refractivity contribution in [3.63, 3.8) is 0 Å². The summed E-state index contributed by atoms with van der Waals surface area (Å²) in [7, 11) is 1.96. The van der Waals surface area contributed by atoms with E-state index in [0.717, 1.165) is 21.2 Å². The maximum absolute atomic E-state index is 4.37. The van der Waals surface area contributed by atoms with Gasteiger partial charge in [-0.25, -0.2) is 0 Å². The molecule has 0 amide bonds. The van der Waals surface area contributed by atoms with Crippen LogP contribution in [0, 0.1) is 0 Å². The lowest BCUT2D eigenvalue weighted by molar-refractivity contribution is 0.561. The van der Waals surface area contributed by atoms with Crippen molar-refractivity contribution in [1.82, 2.24) is 15.1 Å². The van der Waals surface area contributed by atoms with E-state index in [-0.39, 0.29) is 6.04 Å². The molecule has 18 heavy (non-hydrogen) atoms. The van der Waals surface area contributed by atoms with Crippen LogP contribution in [0.25, 0.3) is 0 Å². The van der Waals surface area contributed by atoms with Crippen LogP contribution in [-0.2, 0) is 6.54 Å². The first-order valence-electron chi connectivity index (χ1n) is 5.81. The number of benzene rings is 1. The Morgan fingerprint density at radius 2 is 2.17 bits per heavy atom. The van der Waals surface area contributed by atoms with Crippen molar-refractivity contribution in [2.24, 2.45) is 0 Å². The highest BCUT2D eigenvalue weighted by atomic mass is 79.9. The van der Waals surface area contributed by atoms with Crippen LogP contribution in [0.3, 0.4) is 0 Å². The number of hydrogen-bond acceptors (Lipinski definition) is 2. The summed E-state index contributed by atoms with van der Waals surface area (Å²) in [5.74, 6) is 0. The molecule has 2 aromatic rings. The molecule has 1 N–H and O–H groups in total. The van der Waals surface area contributed by atoms with Crippen LogP contribution in [0.1, 0.15) is 24.2 Å². The van der Waals surface area contributed by atoms with Crippen LogP contribution < -0.4 is 5.32 Å². The monoisotopic (exact) mass is 371 g/mol. The van der Waals surface area contributed by atoms with Crippen LogP contribution in [0.15, 0.2) is 39.4 Å². The average Bonchev–Trinajstić information content (AvgIpc) is 2.72. The van der Waals surface area contributed by atoms with E-state index < -0.39 is 0 Å². The minimum Gasteiger partial charge on any atom is -0.308 e. The molecule has 0 aliphatic carbocycles. The second-order valence-corrected chi connectivity index (χ2v) is 5.74. The number of hydrogen-bond donors (Lipinski definition) is 1. The Labute approximate surface area is 124 Å². The van der Waals surface area contributed by atoms with E-state index in [0.29, 0.717) is 0 Å². The van der Waals surface area contributed by atoms with Gasteiger partial charge in [-0.15, -0.1) is 0 Å². The predicted octanol–water partition coefficient (Wildman–Crippen LogP) is 3.74. The zero-order valence-corrected chi connectivity index (χ0v) is 13.5. The maximum atomic E-state index is 4.37. The number of halogens is 2. The average molecular weight is 373 g/mol. The fourth-order valence-electron chi connectivity index (χ4n) is 2.06. The molecule has 0 bridgehead atoms. The SMILES string of the molecule is CCn1ncc(Br)c1C(NC)c1cccc(Br)c1. The zero-order valence-electron chi connectivity index (χ0n) is 10.3. The Hall–Kier alpha value is -0.650. The van der Waals surface area contributed by atoms with Gasteiger partial charge in [0.2, 0.25) is 0 Å². The Bertz CT molecular complexity index is 537. The third-order valence-corrected chi connectivity index (χ3v) is 3.98. The highest BCUT2D eigenvalue weighted by molar-refractivity contribution is 9.10. The van der Waals surface area contributed by atoms with Crippen molar-refractivity contribution in [3.05, 3.63) is 50.7 Å². The van der Waals surface area contributed by atoms with Gasteiger partial charge in [0.15, 0.2) is 0 Å². The molecule has 0 fully saturated rings. The Balaban J connectivity index is 2.48. The molecule has 3 nitrogen and oxygen atoms in total. The first-order chi connectivity index (χ1) is 8.67. The summed E-state index contributed by atoms with van der Waals surface area (Å²) in [6, 6.07) is 8.44. The number of nitrogens with zero attached hydrogens (tertiary/aromatic N) is 2. The number of rotatable bonds is 4. The molecular weight excluding hydrogens is 358 g/mol. The van der Waals surface area contributed by atoms with E-state index in [1.807, 2.05) is 30.1 Å². The summed E-state index contributed by atoms with van der Waals surface area (Å²) in [4.78, 5) is 0. The van der Waals surface area contributed by atoms with Crippen molar-refractivity contribution in [2.45, 2.75) is 19.5 Å². The molecular formula is C13H15Br2N3. The zero-order chi connectivity index (χ0) is 13.1.